The highest BCUT2D eigenvalue weighted by Crippen LogP contribution is 2.30. The molecule has 134 valence electrons. The first-order chi connectivity index (χ1) is 11.8. The zero-order valence-electron chi connectivity index (χ0n) is 13.0. The summed E-state index contributed by atoms with van der Waals surface area (Å²) in [4.78, 5) is 9.95. The quantitative estimate of drug-likeness (QED) is 0.825. The zero-order chi connectivity index (χ0) is 18.1. The molecule has 1 fully saturated rings. The minimum Gasteiger partial charge on any atom is -0.338 e. The van der Waals surface area contributed by atoms with E-state index in [1.807, 2.05) is 4.90 Å². The van der Waals surface area contributed by atoms with Crippen molar-refractivity contribution in [2.24, 2.45) is 0 Å². The molecule has 0 amide bonds. The topological polar surface area (TPSA) is 66.4 Å². The van der Waals surface area contributed by atoms with Crippen molar-refractivity contribution in [1.29, 1.82) is 0 Å². The lowest BCUT2D eigenvalue weighted by atomic mass is 10.2. The van der Waals surface area contributed by atoms with E-state index < -0.39 is 21.8 Å². The van der Waals surface area contributed by atoms with Gasteiger partial charge >= 0.3 is 6.18 Å². The minimum atomic E-state index is -4.50. The highest BCUT2D eigenvalue weighted by Gasteiger charge is 2.32. The van der Waals surface area contributed by atoms with Crippen molar-refractivity contribution >= 4 is 16.0 Å². The number of benzene rings is 1. The van der Waals surface area contributed by atoms with Gasteiger partial charge in [0.2, 0.25) is 16.0 Å². The normalized spacial score (nSPS) is 16.8. The van der Waals surface area contributed by atoms with Gasteiger partial charge in [0.15, 0.2) is 0 Å². The molecule has 0 radical (unpaired) electrons. The van der Waals surface area contributed by atoms with Crippen LogP contribution in [-0.2, 0) is 16.2 Å². The van der Waals surface area contributed by atoms with E-state index in [0.717, 1.165) is 24.3 Å². The summed E-state index contributed by atoms with van der Waals surface area (Å²) in [6.45, 7) is 1.23. The highest BCUT2D eigenvalue weighted by atomic mass is 32.2. The van der Waals surface area contributed by atoms with Crippen LogP contribution in [-0.4, -0.2) is 48.9 Å². The van der Waals surface area contributed by atoms with Gasteiger partial charge in [0.1, 0.15) is 0 Å². The van der Waals surface area contributed by atoms with Gasteiger partial charge in [-0.1, -0.05) is 0 Å². The second-order valence-corrected chi connectivity index (χ2v) is 7.40. The Morgan fingerprint density at radius 1 is 0.920 bits per heavy atom. The molecule has 2 aromatic rings. The SMILES string of the molecule is O=S(=O)(c1ccc(C(F)(F)F)cc1)N1CCN(c2ncccn2)CC1. The van der Waals surface area contributed by atoms with Crippen molar-refractivity contribution in [2.45, 2.75) is 11.1 Å². The number of alkyl halides is 3. The van der Waals surface area contributed by atoms with E-state index in [4.69, 9.17) is 0 Å². The summed E-state index contributed by atoms with van der Waals surface area (Å²) < 4.78 is 64.2. The smallest absolute Gasteiger partial charge is 0.338 e. The Morgan fingerprint density at radius 2 is 1.48 bits per heavy atom. The monoisotopic (exact) mass is 372 g/mol. The van der Waals surface area contributed by atoms with E-state index in [9.17, 15) is 21.6 Å². The fourth-order valence-electron chi connectivity index (χ4n) is 2.55. The second kappa shape index (κ2) is 6.60. The van der Waals surface area contributed by atoms with Crippen molar-refractivity contribution in [1.82, 2.24) is 14.3 Å². The van der Waals surface area contributed by atoms with E-state index in [-0.39, 0.29) is 18.0 Å². The Morgan fingerprint density at radius 3 is 2.00 bits per heavy atom. The Balaban J connectivity index is 1.72. The van der Waals surface area contributed by atoms with Gasteiger partial charge in [-0.25, -0.2) is 18.4 Å². The molecule has 10 heteroatoms. The number of aromatic nitrogens is 2. The highest BCUT2D eigenvalue weighted by molar-refractivity contribution is 7.89. The van der Waals surface area contributed by atoms with E-state index in [1.54, 1.807) is 18.5 Å². The molecular formula is C15H15F3N4O2S. The van der Waals surface area contributed by atoms with Crippen LogP contribution in [0.5, 0.6) is 0 Å². The number of sulfonamides is 1. The molecule has 0 bridgehead atoms. The summed E-state index contributed by atoms with van der Waals surface area (Å²) in [7, 11) is -3.83. The molecule has 6 nitrogen and oxygen atoms in total. The van der Waals surface area contributed by atoms with E-state index in [2.05, 4.69) is 9.97 Å². The third-order valence-corrected chi connectivity index (χ3v) is 5.81. The maximum absolute atomic E-state index is 12.6. The predicted molar refractivity (Wildman–Crippen MR) is 84.4 cm³/mol. The molecule has 0 spiro atoms. The molecule has 1 aliphatic rings. The van der Waals surface area contributed by atoms with Crippen LogP contribution in [0.15, 0.2) is 47.6 Å². The number of piperazine rings is 1. The number of anilines is 1. The maximum Gasteiger partial charge on any atom is 0.416 e. The Bertz CT molecular complexity index is 818. The average molecular weight is 372 g/mol. The summed E-state index contributed by atoms with van der Waals surface area (Å²) in [5, 5.41) is 0. The van der Waals surface area contributed by atoms with Gasteiger partial charge in [0.25, 0.3) is 0 Å². The van der Waals surface area contributed by atoms with Crippen LogP contribution in [0.4, 0.5) is 19.1 Å². The number of hydrogen-bond donors (Lipinski definition) is 0. The molecule has 25 heavy (non-hydrogen) atoms. The molecule has 1 aliphatic heterocycles. The Kier molecular flexibility index (Phi) is 4.65. The second-order valence-electron chi connectivity index (χ2n) is 5.46. The maximum atomic E-state index is 12.6. The number of hydrogen-bond acceptors (Lipinski definition) is 5. The first kappa shape index (κ1) is 17.6. The van der Waals surface area contributed by atoms with Crippen LogP contribution < -0.4 is 4.90 Å². The molecule has 0 aliphatic carbocycles. The minimum absolute atomic E-state index is 0.148. The van der Waals surface area contributed by atoms with Crippen molar-refractivity contribution in [2.75, 3.05) is 31.1 Å². The lowest BCUT2D eigenvalue weighted by Crippen LogP contribution is -2.49. The third kappa shape index (κ3) is 3.74. The average Bonchev–Trinajstić information content (AvgIpc) is 2.62. The predicted octanol–water partition coefficient (Wildman–Crippen LogP) is 2.01. The molecule has 1 aromatic carbocycles. The lowest BCUT2D eigenvalue weighted by Gasteiger charge is -2.33. The van der Waals surface area contributed by atoms with Crippen molar-refractivity contribution < 1.29 is 21.6 Å². The lowest BCUT2D eigenvalue weighted by molar-refractivity contribution is -0.137. The van der Waals surface area contributed by atoms with Gasteiger partial charge in [0, 0.05) is 38.6 Å². The molecule has 2 heterocycles. The third-order valence-electron chi connectivity index (χ3n) is 3.89. The van der Waals surface area contributed by atoms with Crippen LogP contribution in [0.3, 0.4) is 0 Å². The molecule has 0 unspecified atom stereocenters. The first-order valence-electron chi connectivity index (χ1n) is 7.48. The molecular weight excluding hydrogens is 357 g/mol. The van der Waals surface area contributed by atoms with Crippen molar-refractivity contribution in [3.8, 4) is 0 Å². The summed E-state index contributed by atoms with van der Waals surface area (Å²) >= 11 is 0. The summed E-state index contributed by atoms with van der Waals surface area (Å²) in [5.74, 6) is 0.522. The number of nitrogens with zero attached hydrogens (tertiary/aromatic N) is 4. The van der Waals surface area contributed by atoms with Gasteiger partial charge in [0.05, 0.1) is 10.5 Å². The van der Waals surface area contributed by atoms with Crippen LogP contribution in [0.1, 0.15) is 5.56 Å². The van der Waals surface area contributed by atoms with Gasteiger partial charge in [-0.3, -0.25) is 0 Å². The van der Waals surface area contributed by atoms with E-state index >= 15 is 0 Å². The van der Waals surface area contributed by atoms with Crippen LogP contribution >= 0.6 is 0 Å². The van der Waals surface area contributed by atoms with Gasteiger partial charge in [-0.15, -0.1) is 0 Å². The largest absolute Gasteiger partial charge is 0.416 e. The summed E-state index contributed by atoms with van der Waals surface area (Å²) in [6, 6.07) is 5.23. The molecule has 0 saturated carbocycles. The summed E-state index contributed by atoms with van der Waals surface area (Å²) in [5.41, 5.74) is -0.877. The first-order valence-corrected chi connectivity index (χ1v) is 8.92. The summed E-state index contributed by atoms with van der Waals surface area (Å²) in [6.07, 6.45) is -1.29. The van der Waals surface area contributed by atoms with E-state index in [1.165, 1.54) is 4.31 Å². The van der Waals surface area contributed by atoms with Gasteiger partial charge in [-0.2, -0.15) is 17.5 Å². The molecule has 0 N–H and O–H groups in total. The number of halogens is 3. The fourth-order valence-corrected chi connectivity index (χ4v) is 3.97. The molecule has 1 saturated heterocycles. The Hall–Kier alpha value is -2.20. The zero-order valence-corrected chi connectivity index (χ0v) is 13.8. The fraction of sp³-hybridized carbons (Fsp3) is 0.333. The van der Waals surface area contributed by atoms with Crippen LogP contribution in [0.25, 0.3) is 0 Å². The molecule has 0 atom stereocenters. The van der Waals surface area contributed by atoms with Crippen molar-refractivity contribution in [3.05, 3.63) is 48.3 Å². The van der Waals surface area contributed by atoms with Crippen molar-refractivity contribution in [3.63, 3.8) is 0 Å². The van der Waals surface area contributed by atoms with Gasteiger partial charge < -0.3 is 4.90 Å². The van der Waals surface area contributed by atoms with Crippen LogP contribution in [0, 0.1) is 0 Å². The Labute approximate surface area is 143 Å². The molecule has 1 aromatic heterocycles. The van der Waals surface area contributed by atoms with Gasteiger partial charge in [-0.05, 0) is 30.3 Å². The number of rotatable bonds is 3. The molecule has 3 rings (SSSR count). The van der Waals surface area contributed by atoms with Crippen LogP contribution in [0.2, 0.25) is 0 Å². The standard InChI is InChI=1S/C15H15F3N4O2S/c16-15(17,18)12-2-4-13(5-3-12)25(23,24)22-10-8-21(9-11-22)14-19-6-1-7-20-14/h1-7H,8-11H2. The van der Waals surface area contributed by atoms with E-state index in [0.29, 0.717) is 19.0 Å².